The summed E-state index contributed by atoms with van der Waals surface area (Å²) in [5.41, 5.74) is 0. The van der Waals surface area contributed by atoms with E-state index < -0.39 is 12.1 Å². The molecule has 0 fully saturated rings. The summed E-state index contributed by atoms with van der Waals surface area (Å²) in [5, 5.41) is 23.0. The number of nitrogens with one attached hydrogen (secondary N) is 1. The summed E-state index contributed by atoms with van der Waals surface area (Å²) in [4.78, 5) is 12.4. The number of hydrogen-bond donors (Lipinski definition) is 3. The van der Waals surface area contributed by atoms with Crippen LogP contribution >= 0.6 is 0 Å². The standard InChI is InChI=1S/C45H89NO3/c1-3-5-7-9-11-13-15-17-19-20-21-22-23-24-25-26-27-28-30-32-34-36-38-40-44(48)43(42-47)46-45(49)41-39-37-35-33-31-29-18-16-14-12-10-8-6-4-2/h38,40,43-44,47-48H,3-37,39,41-42H2,1-2H3,(H,46,49)/b40-38+. The molecule has 4 heteroatoms. The van der Waals surface area contributed by atoms with Gasteiger partial charge in [0.05, 0.1) is 18.8 Å². The van der Waals surface area contributed by atoms with E-state index in [1.807, 2.05) is 6.08 Å². The summed E-state index contributed by atoms with van der Waals surface area (Å²) in [6.45, 7) is 4.33. The van der Waals surface area contributed by atoms with Gasteiger partial charge in [-0.25, -0.2) is 0 Å². The highest BCUT2D eigenvalue weighted by molar-refractivity contribution is 5.76. The lowest BCUT2D eigenvalue weighted by Crippen LogP contribution is -2.45. The molecule has 0 heterocycles. The fourth-order valence-electron chi connectivity index (χ4n) is 7.06. The van der Waals surface area contributed by atoms with E-state index in [4.69, 9.17) is 0 Å². The molecule has 0 aromatic heterocycles. The average molecular weight is 692 g/mol. The molecule has 3 N–H and O–H groups in total. The first-order chi connectivity index (χ1) is 24.2. The molecule has 0 rings (SSSR count). The molecule has 0 aliphatic carbocycles. The Morgan fingerprint density at radius 2 is 0.755 bits per heavy atom. The van der Waals surface area contributed by atoms with Crippen LogP contribution in [0.4, 0.5) is 0 Å². The molecule has 0 aliphatic rings. The number of allylic oxidation sites excluding steroid dienone is 1. The Bertz CT molecular complexity index is 666. The number of hydrogen-bond acceptors (Lipinski definition) is 3. The maximum atomic E-state index is 12.4. The van der Waals surface area contributed by atoms with E-state index >= 15 is 0 Å². The van der Waals surface area contributed by atoms with Crippen LogP contribution in [0.2, 0.25) is 0 Å². The van der Waals surface area contributed by atoms with Crippen molar-refractivity contribution < 1.29 is 15.0 Å². The number of carbonyl (C=O) groups excluding carboxylic acids is 1. The molecule has 2 atom stereocenters. The van der Waals surface area contributed by atoms with E-state index in [9.17, 15) is 15.0 Å². The van der Waals surface area contributed by atoms with Gasteiger partial charge in [-0.2, -0.15) is 0 Å². The van der Waals surface area contributed by atoms with E-state index in [1.54, 1.807) is 6.08 Å². The number of aliphatic hydroxyl groups excluding tert-OH is 2. The van der Waals surface area contributed by atoms with Crippen molar-refractivity contribution in [3.8, 4) is 0 Å². The molecule has 4 nitrogen and oxygen atoms in total. The molecular weight excluding hydrogens is 602 g/mol. The highest BCUT2D eigenvalue weighted by atomic mass is 16.3. The first kappa shape index (κ1) is 48.1. The maximum Gasteiger partial charge on any atom is 0.220 e. The van der Waals surface area contributed by atoms with Gasteiger partial charge in [0.25, 0.3) is 0 Å². The fourth-order valence-corrected chi connectivity index (χ4v) is 7.06. The topological polar surface area (TPSA) is 69.6 Å². The van der Waals surface area contributed by atoms with Crippen LogP contribution in [-0.4, -0.2) is 34.9 Å². The molecule has 292 valence electrons. The van der Waals surface area contributed by atoms with Crippen LogP contribution in [0, 0.1) is 0 Å². The van der Waals surface area contributed by atoms with Gasteiger partial charge < -0.3 is 15.5 Å². The number of carbonyl (C=O) groups is 1. The lowest BCUT2D eigenvalue weighted by molar-refractivity contribution is -0.123. The lowest BCUT2D eigenvalue weighted by Gasteiger charge is -2.20. The summed E-state index contributed by atoms with van der Waals surface area (Å²) in [6, 6.07) is -0.616. The van der Waals surface area contributed by atoms with Crippen molar-refractivity contribution in [3.05, 3.63) is 12.2 Å². The molecule has 0 radical (unpaired) electrons. The lowest BCUT2D eigenvalue weighted by atomic mass is 10.0. The van der Waals surface area contributed by atoms with E-state index in [1.165, 1.54) is 205 Å². The predicted octanol–water partition coefficient (Wildman–Crippen LogP) is 13.9. The predicted molar refractivity (Wildman–Crippen MR) is 216 cm³/mol. The Morgan fingerprint density at radius 3 is 1.06 bits per heavy atom. The maximum absolute atomic E-state index is 12.4. The van der Waals surface area contributed by atoms with Crippen LogP contribution in [0.1, 0.15) is 251 Å². The number of rotatable bonds is 41. The number of unbranched alkanes of at least 4 members (excludes halogenated alkanes) is 34. The second-order valence-electron chi connectivity index (χ2n) is 15.5. The Hall–Kier alpha value is -0.870. The van der Waals surface area contributed by atoms with Crippen molar-refractivity contribution >= 4 is 5.91 Å². The second-order valence-corrected chi connectivity index (χ2v) is 15.5. The molecular formula is C45H89NO3. The smallest absolute Gasteiger partial charge is 0.220 e. The zero-order chi connectivity index (χ0) is 35.7. The monoisotopic (exact) mass is 692 g/mol. The molecule has 2 unspecified atom stereocenters. The Balaban J connectivity index is 3.50. The van der Waals surface area contributed by atoms with Crippen LogP contribution in [0.15, 0.2) is 12.2 Å². The minimum Gasteiger partial charge on any atom is -0.394 e. The van der Waals surface area contributed by atoms with Crippen molar-refractivity contribution in [1.82, 2.24) is 5.32 Å². The molecule has 1 amide bonds. The van der Waals surface area contributed by atoms with Gasteiger partial charge in [-0.15, -0.1) is 0 Å². The molecule has 0 bridgehead atoms. The minimum absolute atomic E-state index is 0.0604. The number of aliphatic hydroxyl groups is 2. The summed E-state index contributed by atoms with van der Waals surface area (Å²) >= 11 is 0. The fraction of sp³-hybridized carbons (Fsp3) is 0.933. The van der Waals surface area contributed by atoms with Crippen molar-refractivity contribution in [2.45, 2.75) is 264 Å². The van der Waals surface area contributed by atoms with Crippen molar-refractivity contribution in [1.29, 1.82) is 0 Å². The second kappa shape index (κ2) is 41.5. The first-order valence-corrected chi connectivity index (χ1v) is 22.4. The van der Waals surface area contributed by atoms with Crippen LogP contribution in [0.3, 0.4) is 0 Å². The van der Waals surface area contributed by atoms with E-state index in [2.05, 4.69) is 19.2 Å². The summed E-state index contributed by atoms with van der Waals surface area (Å²) in [5.74, 6) is -0.0604. The highest BCUT2D eigenvalue weighted by Gasteiger charge is 2.17. The van der Waals surface area contributed by atoms with Crippen LogP contribution in [-0.2, 0) is 4.79 Å². The van der Waals surface area contributed by atoms with Gasteiger partial charge >= 0.3 is 0 Å². The van der Waals surface area contributed by atoms with E-state index in [0.29, 0.717) is 6.42 Å². The Labute approximate surface area is 307 Å². The highest BCUT2D eigenvalue weighted by Crippen LogP contribution is 2.16. The average Bonchev–Trinajstić information content (AvgIpc) is 3.10. The van der Waals surface area contributed by atoms with E-state index in [-0.39, 0.29) is 12.5 Å². The quantitative estimate of drug-likeness (QED) is 0.0441. The van der Waals surface area contributed by atoms with Gasteiger partial charge in [0.15, 0.2) is 0 Å². The van der Waals surface area contributed by atoms with Gasteiger partial charge in [-0.05, 0) is 19.3 Å². The molecule has 0 spiro atoms. The Kier molecular flexibility index (Phi) is 40.8. The Morgan fingerprint density at radius 1 is 0.469 bits per heavy atom. The largest absolute Gasteiger partial charge is 0.394 e. The molecule has 0 aromatic carbocycles. The SMILES string of the molecule is CCCCCCCCCCCCCCCCCCCCCCC/C=C/C(O)C(CO)NC(=O)CCCCCCCCCCCCCCCC. The third-order valence-electron chi connectivity index (χ3n) is 10.5. The zero-order valence-electron chi connectivity index (χ0n) is 33.5. The van der Waals surface area contributed by atoms with Gasteiger partial charge in [0, 0.05) is 6.42 Å². The normalized spacial score (nSPS) is 13.0. The third-order valence-corrected chi connectivity index (χ3v) is 10.5. The molecule has 0 saturated carbocycles. The van der Waals surface area contributed by atoms with Crippen LogP contribution in [0.5, 0.6) is 0 Å². The van der Waals surface area contributed by atoms with Crippen LogP contribution < -0.4 is 5.32 Å². The van der Waals surface area contributed by atoms with Gasteiger partial charge in [0.2, 0.25) is 5.91 Å². The molecule has 0 aromatic rings. The van der Waals surface area contributed by atoms with Crippen molar-refractivity contribution in [3.63, 3.8) is 0 Å². The summed E-state index contributed by atoms with van der Waals surface area (Å²) in [6.07, 6.45) is 51.8. The minimum atomic E-state index is -0.833. The van der Waals surface area contributed by atoms with Gasteiger partial charge in [-0.1, -0.05) is 238 Å². The molecule has 49 heavy (non-hydrogen) atoms. The number of amides is 1. The molecule has 0 saturated heterocycles. The van der Waals surface area contributed by atoms with Gasteiger partial charge in [-0.3, -0.25) is 4.79 Å². The van der Waals surface area contributed by atoms with Gasteiger partial charge in [0.1, 0.15) is 0 Å². The zero-order valence-corrected chi connectivity index (χ0v) is 33.5. The van der Waals surface area contributed by atoms with Crippen molar-refractivity contribution in [2.75, 3.05) is 6.61 Å². The summed E-state index contributed by atoms with van der Waals surface area (Å²) < 4.78 is 0. The summed E-state index contributed by atoms with van der Waals surface area (Å²) in [7, 11) is 0. The first-order valence-electron chi connectivity index (χ1n) is 22.4. The van der Waals surface area contributed by atoms with Crippen LogP contribution in [0.25, 0.3) is 0 Å². The van der Waals surface area contributed by atoms with E-state index in [0.717, 1.165) is 25.7 Å². The third kappa shape index (κ3) is 38.2. The van der Waals surface area contributed by atoms with Crippen molar-refractivity contribution in [2.24, 2.45) is 0 Å². The molecule has 0 aliphatic heterocycles.